The first-order valence-corrected chi connectivity index (χ1v) is 15.8. The van der Waals surface area contributed by atoms with Crippen molar-refractivity contribution >= 4 is 17.7 Å². The van der Waals surface area contributed by atoms with Gasteiger partial charge in [0.2, 0.25) is 5.91 Å². The van der Waals surface area contributed by atoms with Crippen LogP contribution in [0.3, 0.4) is 0 Å². The van der Waals surface area contributed by atoms with Gasteiger partial charge >= 0.3 is 6.18 Å². The van der Waals surface area contributed by atoms with Crippen molar-refractivity contribution < 1.29 is 42.9 Å². The zero-order valence-corrected chi connectivity index (χ0v) is 27.0. The molecule has 0 spiro atoms. The summed E-state index contributed by atoms with van der Waals surface area (Å²) in [5.41, 5.74) is -9.39. The highest BCUT2D eigenvalue weighted by Gasteiger charge is 2.32. The fourth-order valence-electron chi connectivity index (χ4n) is 5.05. The molecule has 0 unspecified atom stereocenters. The predicted molar refractivity (Wildman–Crippen MR) is 181 cm³/mol. The van der Waals surface area contributed by atoms with Crippen LogP contribution in [0, 0.1) is 12.7 Å². The molecule has 0 saturated carbocycles. The van der Waals surface area contributed by atoms with Gasteiger partial charge in [0.15, 0.2) is 5.16 Å². The number of fused-ring (bicyclic) bond motifs is 1. The number of alkyl halides is 3. The topological polar surface area (TPSA) is 58.4 Å². The molecule has 254 valence electrons. The number of hydrogen-bond acceptors (Lipinski definition) is 5. The standard InChI is InChI=1S/C37H40F4N4O2S/c1-4-43(5-2)19-20-44(22-26-9-13-28(14-10-26)29-15-18-32(25(3)21-29)37(39,40)41)34(46)23-45-33-8-6-7-31(33)35(47)42-36(45)48-24-27-11-16-30(38)17-12-27/h9-18,21H,4-8,19-20,22-24H2,1-3H3/i9D,10D,11D,12D,13D,14D,15D,16D,17D,18D,21D,22D2,24D2. The number of benzene rings is 3. The van der Waals surface area contributed by atoms with E-state index in [4.69, 9.17) is 17.8 Å². The Kier molecular flexibility index (Phi) is 6.63. The quantitative estimate of drug-likeness (QED) is 0.0823. The van der Waals surface area contributed by atoms with Gasteiger partial charge in [-0.25, -0.2) is 4.39 Å². The van der Waals surface area contributed by atoms with Crippen molar-refractivity contribution in [3.63, 3.8) is 0 Å². The molecule has 1 aromatic heterocycles. The summed E-state index contributed by atoms with van der Waals surface area (Å²) in [6, 6.07) is -12.4. The average Bonchev–Trinajstić information content (AvgIpc) is 3.69. The number of amides is 1. The van der Waals surface area contributed by atoms with Gasteiger partial charge in [-0.3, -0.25) is 9.59 Å². The van der Waals surface area contributed by atoms with Crippen LogP contribution in [0.1, 0.15) is 74.3 Å². The monoisotopic (exact) mass is 695 g/mol. The number of halogens is 4. The molecule has 0 bridgehead atoms. The van der Waals surface area contributed by atoms with E-state index in [1.807, 2.05) is 0 Å². The molecule has 4 aromatic rings. The summed E-state index contributed by atoms with van der Waals surface area (Å²) >= 11 is 0.122. The number of rotatable bonds is 13. The highest BCUT2D eigenvalue weighted by atomic mass is 32.2. The molecular formula is C37H40F4N4O2S. The molecule has 0 N–H and O–H groups in total. The molecule has 48 heavy (non-hydrogen) atoms. The van der Waals surface area contributed by atoms with Gasteiger partial charge in [-0.2, -0.15) is 18.2 Å². The maximum absolute atomic E-state index is 14.7. The van der Waals surface area contributed by atoms with Crippen LogP contribution in [-0.4, -0.2) is 51.4 Å². The molecule has 0 aliphatic heterocycles. The van der Waals surface area contributed by atoms with Gasteiger partial charge in [-0.15, -0.1) is 0 Å². The van der Waals surface area contributed by atoms with Gasteiger partial charge < -0.3 is 14.4 Å². The van der Waals surface area contributed by atoms with Crippen molar-refractivity contribution in [2.75, 3.05) is 26.2 Å². The molecule has 0 fully saturated rings. The third-order valence-corrected chi connectivity index (χ3v) is 8.37. The number of thioether (sulfide) groups is 1. The Labute approximate surface area is 303 Å². The van der Waals surface area contributed by atoms with Crippen LogP contribution < -0.4 is 5.56 Å². The molecule has 1 amide bonds. The molecule has 6 nitrogen and oxygen atoms in total. The number of carbonyl (C=O) groups is 1. The highest BCUT2D eigenvalue weighted by molar-refractivity contribution is 7.98. The summed E-state index contributed by atoms with van der Waals surface area (Å²) in [5.74, 6) is -2.64. The van der Waals surface area contributed by atoms with Crippen LogP contribution in [0.4, 0.5) is 17.6 Å². The lowest BCUT2D eigenvalue weighted by Crippen LogP contribution is -2.40. The summed E-state index contributed by atoms with van der Waals surface area (Å²) in [6.07, 6.45) is -4.42. The maximum atomic E-state index is 14.7. The minimum absolute atomic E-state index is 0.0152. The molecular weight excluding hydrogens is 640 g/mol. The zero-order valence-electron chi connectivity index (χ0n) is 41.2. The Bertz CT molecular complexity index is 2500. The molecule has 0 radical (unpaired) electrons. The Balaban J connectivity index is 1.69. The maximum Gasteiger partial charge on any atom is 0.416 e. The van der Waals surface area contributed by atoms with Crippen LogP contribution in [0.25, 0.3) is 11.1 Å². The molecule has 1 aliphatic carbocycles. The van der Waals surface area contributed by atoms with Crippen LogP contribution in [-0.2, 0) is 42.6 Å². The molecule has 1 aliphatic rings. The number of carbonyl (C=O) groups excluding carboxylic acids is 1. The van der Waals surface area contributed by atoms with Gasteiger partial charge in [0, 0.05) is 39.3 Å². The molecule has 1 heterocycles. The Morgan fingerprint density at radius 3 is 2.31 bits per heavy atom. The zero-order chi connectivity index (χ0) is 47.6. The van der Waals surface area contributed by atoms with E-state index in [1.165, 1.54) is 0 Å². The van der Waals surface area contributed by atoms with E-state index < -0.39 is 154 Å². The van der Waals surface area contributed by atoms with Gasteiger partial charge in [-0.05, 0) is 85.2 Å². The van der Waals surface area contributed by atoms with E-state index in [9.17, 15) is 29.9 Å². The van der Waals surface area contributed by atoms with Gasteiger partial charge in [-0.1, -0.05) is 73.9 Å². The smallest absolute Gasteiger partial charge is 0.336 e. The van der Waals surface area contributed by atoms with E-state index in [1.54, 1.807) is 18.7 Å². The predicted octanol–water partition coefficient (Wildman–Crippen LogP) is 7.53. The van der Waals surface area contributed by atoms with Crippen LogP contribution in [0.2, 0.25) is 0 Å². The first-order valence-electron chi connectivity index (χ1n) is 22.5. The van der Waals surface area contributed by atoms with Crippen molar-refractivity contribution in [2.24, 2.45) is 0 Å². The Morgan fingerprint density at radius 2 is 1.65 bits per heavy atom. The number of hydrogen-bond donors (Lipinski definition) is 0. The van der Waals surface area contributed by atoms with Crippen molar-refractivity contribution in [1.82, 2.24) is 19.4 Å². The van der Waals surface area contributed by atoms with Crippen molar-refractivity contribution in [1.29, 1.82) is 0 Å². The number of nitrogens with zero attached hydrogens (tertiary/aromatic N) is 4. The Morgan fingerprint density at radius 1 is 0.979 bits per heavy atom. The van der Waals surface area contributed by atoms with Crippen molar-refractivity contribution in [3.8, 4) is 11.1 Å². The van der Waals surface area contributed by atoms with Crippen molar-refractivity contribution in [2.45, 2.75) is 70.1 Å². The minimum Gasteiger partial charge on any atom is -0.336 e. The summed E-state index contributed by atoms with van der Waals surface area (Å²) in [7, 11) is 0. The summed E-state index contributed by atoms with van der Waals surface area (Å²) in [6.45, 7) is 0.633. The van der Waals surface area contributed by atoms with Crippen LogP contribution in [0.15, 0.2) is 76.4 Å². The lowest BCUT2D eigenvalue weighted by atomic mass is 9.98. The Hall–Kier alpha value is -3.96. The number of likely N-dealkylation sites (N-methyl/N-ethyl adjacent to an activating group) is 1. The fourth-order valence-corrected chi connectivity index (χ4v) is 5.76. The van der Waals surface area contributed by atoms with E-state index in [0.717, 1.165) is 11.5 Å². The second-order valence-corrected chi connectivity index (χ2v) is 11.4. The fraction of sp³-hybridized carbons (Fsp3) is 0.378. The van der Waals surface area contributed by atoms with E-state index in [-0.39, 0.29) is 42.4 Å². The molecule has 11 heteroatoms. The molecule has 0 saturated heterocycles. The normalized spacial score (nSPS) is 17.9. The van der Waals surface area contributed by atoms with Crippen LogP contribution in [0.5, 0.6) is 0 Å². The molecule has 0 atom stereocenters. The van der Waals surface area contributed by atoms with Crippen molar-refractivity contribution in [3.05, 3.63) is 116 Å². The highest BCUT2D eigenvalue weighted by Crippen LogP contribution is 2.34. The SMILES string of the molecule is [2H]c1c([2H])c(C([2H])([2H])Sc2nc(=O)c3c(n2CC(=O)N(CCN(CC)CC)C([2H])([2H])c2c([2H])c([2H])c(-c4c([2H])c([2H])c(C(F)(F)F)c(C)c4[2H])c([2H])c2[2H])CCC3)c([2H])c([2H])c1F. The second kappa shape index (κ2) is 15.5. The first-order chi connectivity index (χ1) is 29.1. The third kappa shape index (κ3) is 8.54. The second-order valence-electron chi connectivity index (χ2n) is 10.6. The summed E-state index contributed by atoms with van der Waals surface area (Å²) in [4.78, 5) is 34.3. The first kappa shape index (κ1) is 20.5. The van der Waals surface area contributed by atoms with E-state index in [0.29, 0.717) is 24.4 Å². The minimum atomic E-state index is -5.16. The average molecular weight is 696 g/mol. The molecule has 5 rings (SSSR count). The van der Waals surface area contributed by atoms with Gasteiger partial charge in [0.05, 0.1) is 23.4 Å². The van der Waals surface area contributed by atoms with E-state index >= 15 is 0 Å². The number of aromatic nitrogens is 2. The largest absolute Gasteiger partial charge is 0.416 e. The lowest BCUT2D eigenvalue weighted by molar-refractivity contribution is -0.138. The summed E-state index contributed by atoms with van der Waals surface area (Å²) in [5, 5.41) is -0.504. The van der Waals surface area contributed by atoms with Gasteiger partial charge in [0.1, 0.15) is 12.4 Å². The summed E-state index contributed by atoms with van der Waals surface area (Å²) < 4.78 is 186. The van der Waals surface area contributed by atoms with Crippen LogP contribution >= 0.6 is 11.8 Å². The third-order valence-electron chi connectivity index (χ3n) is 7.57. The lowest BCUT2D eigenvalue weighted by Gasteiger charge is -2.28. The molecule has 3 aromatic carbocycles. The van der Waals surface area contributed by atoms with Gasteiger partial charge in [0.25, 0.3) is 5.56 Å². The van der Waals surface area contributed by atoms with E-state index in [2.05, 4.69) is 4.98 Å².